The number of benzene rings is 1. The van der Waals surface area contributed by atoms with Gasteiger partial charge in [-0.15, -0.1) is 11.6 Å². The zero-order chi connectivity index (χ0) is 12.1. The van der Waals surface area contributed by atoms with Crippen molar-refractivity contribution < 1.29 is 9.66 Å². The summed E-state index contributed by atoms with van der Waals surface area (Å²) in [6.45, 7) is 5.51. The maximum Gasteiger partial charge on any atom is 0.313 e. The summed E-state index contributed by atoms with van der Waals surface area (Å²) in [5.41, 5.74) is 1.24. The molecule has 0 saturated carbocycles. The normalized spacial score (nSPS) is 9.88. The van der Waals surface area contributed by atoms with Gasteiger partial charge in [-0.1, -0.05) is 18.7 Å². The second kappa shape index (κ2) is 5.51. The number of rotatable bonds is 5. The van der Waals surface area contributed by atoms with E-state index in [2.05, 4.69) is 6.58 Å². The summed E-state index contributed by atoms with van der Waals surface area (Å²) in [6.07, 6.45) is 0. The largest absolute Gasteiger partial charge is 0.482 e. The van der Waals surface area contributed by atoms with Gasteiger partial charge in [0.25, 0.3) is 0 Å². The summed E-state index contributed by atoms with van der Waals surface area (Å²) in [7, 11) is 0. The van der Waals surface area contributed by atoms with E-state index in [1.807, 2.05) is 0 Å². The van der Waals surface area contributed by atoms with Crippen molar-refractivity contribution in [2.24, 2.45) is 0 Å². The number of halogens is 1. The highest BCUT2D eigenvalue weighted by Crippen LogP contribution is 2.30. The van der Waals surface area contributed by atoms with Crippen molar-refractivity contribution in [2.75, 3.05) is 12.5 Å². The zero-order valence-corrected chi connectivity index (χ0v) is 9.66. The molecule has 0 atom stereocenters. The van der Waals surface area contributed by atoms with Crippen LogP contribution >= 0.6 is 11.6 Å². The van der Waals surface area contributed by atoms with Crippen LogP contribution in [0.15, 0.2) is 30.4 Å². The van der Waals surface area contributed by atoms with E-state index in [-0.39, 0.29) is 23.9 Å². The number of nitrogens with zero attached hydrogens (tertiary/aromatic N) is 1. The van der Waals surface area contributed by atoms with Gasteiger partial charge in [0.1, 0.15) is 6.61 Å². The minimum atomic E-state index is -0.450. The highest BCUT2D eigenvalue weighted by molar-refractivity contribution is 6.19. The Morgan fingerprint density at radius 3 is 2.88 bits per heavy atom. The predicted molar refractivity (Wildman–Crippen MR) is 63.2 cm³/mol. The van der Waals surface area contributed by atoms with Crippen LogP contribution in [0, 0.1) is 17.0 Å². The third-order valence-corrected chi connectivity index (χ3v) is 2.38. The first-order valence-corrected chi connectivity index (χ1v) is 5.19. The molecule has 0 aliphatic heterocycles. The van der Waals surface area contributed by atoms with Gasteiger partial charge in [-0.3, -0.25) is 10.1 Å². The zero-order valence-electron chi connectivity index (χ0n) is 8.90. The molecule has 0 spiro atoms. The maximum absolute atomic E-state index is 10.8. The summed E-state index contributed by atoms with van der Waals surface area (Å²) in [5, 5.41) is 10.8. The van der Waals surface area contributed by atoms with Crippen LogP contribution in [0.2, 0.25) is 0 Å². The van der Waals surface area contributed by atoms with Gasteiger partial charge in [0.2, 0.25) is 0 Å². The quantitative estimate of drug-likeness (QED) is 0.345. The Kier molecular flexibility index (Phi) is 4.31. The fourth-order valence-corrected chi connectivity index (χ4v) is 1.28. The van der Waals surface area contributed by atoms with E-state index < -0.39 is 4.92 Å². The smallest absolute Gasteiger partial charge is 0.313 e. The van der Waals surface area contributed by atoms with Gasteiger partial charge < -0.3 is 4.74 Å². The lowest BCUT2D eigenvalue weighted by atomic mass is 10.2. The van der Waals surface area contributed by atoms with Crippen molar-refractivity contribution in [3.05, 3.63) is 46.0 Å². The van der Waals surface area contributed by atoms with Crippen molar-refractivity contribution in [3.63, 3.8) is 0 Å². The minimum Gasteiger partial charge on any atom is -0.482 e. The Balaban J connectivity index is 2.91. The van der Waals surface area contributed by atoms with Gasteiger partial charge in [0.15, 0.2) is 5.75 Å². The van der Waals surface area contributed by atoms with E-state index in [4.69, 9.17) is 16.3 Å². The summed E-state index contributed by atoms with van der Waals surface area (Å²) in [5.74, 6) is 0.524. The Bertz CT molecular complexity index is 418. The SMILES string of the molecule is C=C(CCl)COc1cccc(C)c1[N+](=O)[O-]. The van der Waals surface area contributed by atoms with Crippen LogP contribution in [0.4, 0.5) is 5.69 Å². The van der Waals surface area contributed by atoms with Crippen molar-refractivity contribution >= 4 is 17.3 Å². The van der Waals surface area contributed by atoms with Crippen LogP contribution in [0.1, 0.15) is 5.56 Å². The van der Waals surface area contributed by atoms with Crippen LogP contribution in [0.5, 0.6) is 5.75 Å². The first-order valence-electron chi connectivity index (χ1n) is 4.65. The van der Waals surface area contributed by atoms with Crippen LogP contribution in [0.3, 0.4) is 0 Å². The van der Waals surface area contributed by atoms with Gasteiger partial charge in [-0.2, -0.15) is 0 Å². The first-order chi connectivity index (χ1) is 7.56. The Hall–Kier alpha value is -1.55. The topological polar surface area (TPSA) is 52.4 Å². The first kappa shape index (κ1) is 12.5. The standard InChI is InChI=1S/C11H12ClNO3/c1-8(6-12)7-16-10-5-3-4-9(2)11(10)13(14)15/h3-5H,1,6-7H2,2H3. The lowest BCUT2D eigenvalue weighted by Gasteiger charge is -2.08. The monoisotopic (exact) mass is 241 g/mol. The number of hydrogen-bond donors (Lipinski definition) is 0. The Morgan fingerprint density at radius 1 is 1.62 bits per heavy atom. The minimum absolute atomic E-state index is 0.00938. The molecule has 5 heteroatoms. The lowest BCUT2D eigenvalue weighted by Crippen LogP contribution is -2.04. The molecule has 86 valence electrons. The molecule has 1 aromatic rings. The molecule has 0 aliphatic carbocycles. The number of aryl methyl sites for hydroxylation is 1. The fraction of sp³-hybridized carbons (Fsp3) is 0.273. The highest BCUT2D eigenvalue weighted by atomic mass is 35.5. The molecule has 0 heterocycles. The average molecular weight is 242 g/mol. The molecule has 4 nitrogen and oxygen atoms in total. The van der Waals surface area contributed by atoms with Gasteiger partial charge in [-0.05, 0) is 18.6 Å². The number of ether oxygens (including phenoxy) is 1. The van der Waals surface area contributed by atoms with Crippen molar-refractivity contribution in [1.29, 1.82) is 0 Å². The van der Waals surface area contributed by atoms with Crippen molar-refractivity contribution in [1.82, 2.24) is 0 Å². The molecular formula is C11H12ClNO3. The number of para-hydroxylation sites is 1. The van der Waals surface area contributed by atoms with E-state index in [0.717, 1.165) is 0 Å². The van der Waals surface area contributed by atoms with E-state index >= 15 is 0 Å². The molecule has 0 unspecified atom stereocenters. The Labute approximate surface area is 98.6 Å². The molecular weight excluding hydrogens is 230 g/mol. The van der Waals surface area contributed by atoms with E-state index in [1.54, 1.807) is 25.1 Å². The molecule has 0 fully saturated rings. The van der Waals surface area contributed by atoms with E-state index in [0.29, 0.717) is 11.1 Å². The number of nitro benzene ring substituents is 1. The molecule has 0 aromatic heterocycles. The second-order valence-corrected chi connectivity index (χ2v) is 3.62. The van der Waals surface area contributed by atoms with E-state index in [9.17, 15) is 10.1 Å². The molecule has 0 amide bonds. The van der Waals surface area contributed by atoms with Crippen molar-refractivity contribution in [2.45, 2.75) is 6.92 Å². The number of nitro groups is 1. The summed E-state index contributed by atoms with van der Waals surface area (Å²) in [6, 6.07) is 4.94. The molecule has 0 bridgehead atoms. The molecule has 0 aliphatic rings. The van der Waals surface area contributed by atoms with E-state index in [1.165, 1.54) is 0 Å². The van der Waals surface area contributed by atoms with Crippen LogP contribution < -0.4 is 4.74 Å². The molecule has 1 rings (SSSR count). The Morgan fingerprint density at radius 2 is 2.31 bits per heavy atom. The molecule has 16 heavy (non-hydrogen) atoms. The number of alkyl halides is 1. The predicted octanol–water partition coefficient (Wildman–Crippen LogP) is 3.08. The molecule has 0 N–H and O–H groups in total. The van der Waals surface area contributed by atoms with Crippen LogP contribution in [-0.2, 0) is 0 Å². The summed E-state index contributed by atoms with van der Waals surface area (Å²) >= 11 is 5.54. The van der Waals surface area contributed by atoms with Crippen molar-refractivity contribution in [3.8, 4) is 5.75 Å². The second-order valence-electron chi connectivity index (χ2n) is 3.35. The van der Waals surface area contributed by atoms with Gasteiger partial charge >= 0.3 is 5.69 Å². The fourth-order valence-electron chi connectivity index (χ4n) is 1.20. The molecule has 0 saturated heterocycles. The van der Waals surface area contributed by atoms with Crippen LogP contribution in [0.25, 0.3) is 0 Å². The molecule has 1 aromatic carbocycles. The third-order valence-electron chi connectivity index (χ3n) is 2.00. The number of hydrogen-bond acceptors (Lipinski definition) is 3. The lowest BCUT2D eigenvalue weighted by molar-refractivity contribution is -0.386. The van der Waals surface area contributed by atoms with Gasteiger partial charge in [0, 0.05) is 11.4 Å². The maximum atomic E-state index is 10.8. The third kappa shape index (κ3) is 2.97. The van der Waals surface area contributed by atoms with Gasteiger partial charge in [0.05, 0.1) is 4.92 Å². The summed E-state index contributed by atoms with van der Waals surface area (Å²) < 4.78 is 5.31. The van der Waals surface area contributed by atoms with Gasteiger partial charge in [-0.25, -0.2) is 0 Å². The average Bonchev–Trinajstić information content (AvgIpc) is 2.25. The van der Waals surface area contributed by atoms with Crippen LogP contribution in [-0.4, -0.2) is 17.4 Å². The summed E-state index contributed by atoms with van der Waals surface area (Å²) in [4.78, 5) is 10.4. The molecule has 0 radical (unpaired) electrons. The highest BCUT2D eigenvalue weighted by Gasteiger charge is 2.17.